The molecule has 26 heavy (non-hydrogen) atoms. The zero-order valence-corrected chi connectivity index (χ0v) is 15.7. The number of amides is 2. The molecular formula is C18H19BrN4O3. The third-order valence-electron chi connectivity index (χ3n) is 4.21. The number of aromatic nitrogens is 1. The van der Waals surface area contributed by atoms with Crippen molar-refractivity contribution in [2.75, 3.05) is 37.7 Å². The molecule has 0 saturated carbocycles. The van der Waals surface area contributed by atoms with Gasteiger partial charge in [-0.1, -0.05) is 15.9 Å². The second-order valence-electron chi connectivity index (χ2n) is 5.87. The fourth-order valence-electron chi connectivity index (χ4n) is 2.82. The SMILES string of the molecule is NC(=O)c1cnccc1N1CCN(C(=O)COc2ccc(Br)cc2)CC1. The maximum Gasteiger partial charge on any atom is 0.260 e. The first-order valence-electron chi connectivity index (χ1n) is 8.19. The number of nitrogens with zero attached hydrogens (tertiary/aromatic N) is 3. The maximum absolute atomic E-state index is 12.3. The maximum atomic E-state index is 12.3. The summed E-state index contributed by atoms with van der Waals surface area (Å²) >= 11 is 3.36. The number of hydrogen-bond donors (Lipinski definition) is 1. The summed E-state index contributed by atoms with van der Waals surface area (Å²) in [4.78, 5) is 31.7. The van der Waals surface area contributed by atoms with Crippen LogP contribution in [-0.2, 0) is 4.79 Å². The molecule has 2 aromatic rings. The van der Waals surface area contributed by atoms with E-state index in [0.717, 1.165) is 10.2 Å². The molecule has 136 valence electrons. The highest BCUT2D eigenvalue weighted by atomic mass is 79.9. The molecule has 3 rings (SSSR count). The number of ether oxygens (including phenoxy) is 1. The number of nitrogens with two attached hydrogens (primary N) is 1. The molecule has 0 atom stereocenters. The van der Waals surface area contributed by atoms with Gasteiger partial charge in [0.05, 0.1) is 11.3 Å². The number of primary amides is 1. The Morgan fingerprint density at radius 2 is 1.81 bits per heavy atom. The monoisotopic (exact) mass is 418 g/mol. The summed E-state index contributed by atoms with van der Waals surface area (Å²) in [5.41, 5.74) is 6.56. The van der Waals surface area contributed by atoms with Crippen LogP contribution in [0.2, 0.25) is 0 Å². The van der Waals surface area contributed by atoms with E-state index >= 15 is 0 Å². The molecular weight excluding hydrogens is 400 g/mol. The van der Waals surface area contributed by atoms with Crippen molar-refractivity contribution >= 4 is 33.4 Å². The second kappa shape index (κ2) is 8.18. The first-order chi connectivity index (χ1) is 12.5. The van der Waals surface area contributed by atoms with E-state index in [9.17, 15) is 9.59 Å². The van der Waals surface area contributed by atoms with Crippen LogP contribution in [0.3, 0.4) is 0 Å². The van der Waals surface area contributed by atoms with Crippen molar-refractivity contribution in [3.05, 3.63) is 52.8 Å². The van der Waals surface area contributed by atoms with Gasteiger partial charge in [0.2, 0.25) is 0 Å². The average molecular weight is 419 g/mol. The Kier molecular flexibility index (Phi) is 5.72. The van der Waals surface area contributed by atoms with E-state index in [1.807, 2.05) is 29.2 Å². The van der Waals surface area contributed by atoms with Gasteiger partial charge in [0, 0.05) is 43.0 Å². The van der Waals surface area contributed by atoms with Crippen molar-refractivity contribution in [2.45, 2.75) is 0 Å². The summed E-state index contributed by atoms with van der Waals surface area (Å²) < 4.78 is 6.50. The Morgan fingerprint density at radius 1 is 1.12 bits per heavy atom. The second-order valence-corrected chi connectivity index (χ2v) is 6.78. The zero-order chi connectivity index (χ0) is 18.5. The lowest BCUT2D eigenvalue weighted by Gasteiger charge is -2.36. The molecule has 1 saturated heterocycles. The largest absolute Gasteiger partial charge is 0.484 e. The first kappa shape index (κ1) is 18.2. The minimum absolute atomic E-state index is 0.00340. The van der Waals surface area contributed by atoms with Gasteiger partial charge < -0.3 is 20.3 Å². The summed E-state index contributed by atoms with van der Waals surface area (Å²) in [5.74, 6) is 0.0926. The summed E-state index contributed by atoms with van der Waals surface area (Å²) in [7, 11) is 0. The van der Waals surface area contributed by atoms with Crippen LogP contribution in [0.25, 0.3) is 0 Å². The first-order valence-corrected chi connectivity index (χ1v) is 8.99. The lowest BCUT2D eigenvalue weighted by molar-refractivity contribution is -0.133. The molecule has 1 aliphatic rings. The van der Waals surface area contributed by atoms with E-state index in [4.69, 9.17) is 10.5 Å². The standard InChI is InChI=1S/C18H19BrN4O3/c19-13-1-3-14(4-2-13)26-12-17(24)23-9-7-22(8-10-23)16-5-6-21-11-15(16)18(20)25/h1-6,11H,7-10,12H2,(H2,20,25). The number of pyridine rings is 1. The number of halogens is 1. The van der Waals surface area contributed by atoms with Crippen LogP contribution in [0, 0.1) is 0 Å². The molecule has 2 N–H and O–H groups in total. The minimum Gasteiger partial charge on any atom is -0.484 e. The number of carbonyl (C=O) groups is 2. The molecule has 2 amide bonds. The molecule has 0 spiro atoms. The van der Waals surface area contributed by atoms with Crippen LogP contribution in [0.5, 0.6) is 5.75 Å². The van der Waals surface area contributed by atoms with Gasteiger partial charge in [-0.3, -0.25) is 14.6 Å². The van der Waals surface area contributed by atoms with Gasteiger partial charge >= 0.3 is 0 Å². The van der Waals surface area contributed by atoms with E-state index in [1.165, 1.54) is 6.20 Å². The molecule has 8 heteroatoms. The van der Waals surface area contributed by atoms with Crippen molar-refractivity contribution in [3.63, 3.8) is 0 Å². The van der Waals surface area contributed by atoms with Gasteiger partial charge in [0.25, 0.3) is 11.8 Å². The number of benzene rings is 1. The van der Waals surface area contributed by atoms with Gasteiger partial charge in [-0.05, 0) is 30.3 Å². The molecule has 0 aliphatic carbocycles. The number of anilines is 1. The zero-order valence-electron chi connectivity index (χ0n) is 14.1. The van der Waals surface area contributed by atoms with Crippen LogP contribution in [0.4, 0.5) is 5.69 Å². The molecule has 1 aliphatic heterocycles. The fraction of sp³-hybridized carbons (Fsp3) is 0.278. The Labute approximate surface area is 159 Å². The predicted molar refractivity (Wildman–Crippen MR) is 101 cm³/mol. The summed E-state index contributed by atoms with van der Waals surface area (Å²) in [6.45, 7) is 2.36. The average Bonchev–Trinajstić information content (AvgIpc) is 2.67. The molecule has 0 radical (unpaired) electrons. The lowest BCUT2D eigenvalue weighted by Crippen LogP contribution is -2.50. The van der Waals surface area contributed by atoms with Gasteiger partial charge in [-0.15, -0.1) is 0 Å². The number of rotatable bonds is 5. The Hall–Kier alpha value is -2.61. The topological polar surface area (TPSA) is 88.8 Å². The van der Waals surface area contributed by atoms with Crippen LogP contribution >= 0.6 is 15.9 Å². The third kappa shape index (κ3) is 4.32. The molecule has 2 heterocycles. The molecule has 1 fully saturated rings. The summed E-state index contributed by atoms with van der Waals surface area (Å²) in [5, 5.41) is 0. The number of hydrogen-bond acceptors (Lipinski definition) is 5. The van der Waals surface area contributed by atoms with Crippen LogP contribution in [-0.4, -0.2) is 54.5 Å². The molecule has 7 nitrogen and oxygen atoms in total. The highest BCUT2D eigenvalue weighted by molar-refractivity contribution is 9.10. The van der Waals surface area contributed by atoms with Gasteiger partial charge in [0.1, 0.15) is 5.75 Å². The normalized spacial score (nSPS) is 14.2. The number of piperazine rings is 1. The summed E-state index contributed by atoms with van der Waals surface area (Å²) in [6, 6.07) is 9.12. The van der Waals surface area contributed by atoms with Crippen molar-refractivity contribution in [3.8, 4) is 5.75 Å². The van der Waals surface area contributed by atoms with Gasteiger partial charge in [-0.25, -0.2) is 0 Å². The molecule has 1 aromatic heterocycles. The van der Waals surface area contributed by atoms with Gasteiger partial charge in [0.15, 0.2) is 6.61 Å². The smallest absolute Gasteiger partial charge is 0.260 e. The Bertz CT molecular complexity index is 789. The molecule has 1 aromatic carbocycles. The van der Waals surface area contributed by atoms with Crippen molar-refractivity contribution in [2.24, 2.45) is 5.73 Å². The van der Waals surface area contributed by atoms with Crippen LogP contribution < -0.4 is 15.4 Å². The highest BCUT2D eigenvalue weighted by Crippen LogP contribution is 2.21. The highest BCUT2D eigenvalue weighted by Gasteiger charge is 2.23. The van der Waals surface area contributed by atoms with E-state index in [1.54, 1.807) is 17.2 Å². The van der Waals surface area contributed by atoms with Crippen LogP contribution in [0.15, 0.2) is 47.2 Å². The number of carbonyl (C=O) groups excluding carboxylic acids is 2. The van der Waals surface area contributed by atoms with Crippen molar-refractivity contribution < 1.29 is 14.3 Å². The fourth-order valence-corrected chi connectivity index (χ4v) is 3.08. The summed E-state index contributed by atoms with van der Waals surface area (Å²) in [6.07, 6.45) is 3.10. The van der Waals surface area contributed by atoms with E-state index in [-0.39, 0.29) is 12.5 Å². The van der Waals surface area contributed by atoms with Crippen molar-refractivity contribution in [1.82, 2.24) is 9.88 Å². The van der Waals surface area contributed by atoms with Crippen molar-refractivity contribution in [1.29, 1.82) is 0 Å². The predicted octanol–water partition coefficient (Wildman–Crippen LogP) is 1.67. The molecule has 0 unspecified atom stereocenters. The lowest BCUT2D eigenvalue weighted by atomic mass is 10.2. The minimum atomic E-state index is -0.505. The van der Waals surface area contributed by atoms with Crippen LogP contribution in [0.1, 0.15) is 10.4 Å². The van der Waals surface area contributed by atoms with Gasteiger partial charge in [-0.2, -0.15) is 0 Å². The quantitative estimate of drug-likeness (QED) is 0.797. The van der Waals surface area contributed by atoms with E-state index in [0.29, 0.717) is 37.5 Å². The Morgan fingerprint density at radius 3 is 2.46 bits per heavy atom. The molecule has 0 bridgehead atoms. The third-order valence-corrected chi connectivity index (χ3v) is 4.74. The van der Waals surface area contributed by atoms with E-state index < -0.39 is 5.91 Å². The van der Waals surface area contributed by atoms with E-state index in [2.05, 4.69) is 20.9 Å². The Balaban J connectivity index is 1.54.